The predicted molar refractivity (Wildman–Crippen MR) is 81.6 cm³/mol. The van der Waals surface area contributed by atoms with Crippen molar-refractivity contribution in [2.24, 2.45) is 0 Å². The van der Waals surface area contributed by atoms with Crippen LogP contribution >= 0.6 is 46.1 Å². The molecule has 0 radical (unpaired) electrons. The Morgan fingerprint density at radius 2 is 1.63 bits per heavy atom. The van der Waals surface area contributed by atoms with E-state index < -0.39 is 0 Å². The van der Waals surface area contributed by atoms with Crippen LogP contribution in [0, 0.1) is 0 Å². The van der Waals surface area contributed by atoms with Crippen LogP contribution in [-0.2, 0) is 0 Å². The highest BCUT2D eigenvalue weighted by Gasteiger charge is 2.24. The molecule has 0 N–H and O–H groups in total. The first kappa shape index (κ1) is 13.6. The molecule has 2 heterocycles. The van der Waals surface area contributed by atoms with Gasteiger partial charge in [0.25, 0.3) is 0 Å². The summed E-state index contributed by atoms with van der Waals surface area (Å²) in [6, 6.07) is 3.70. The van der Waals surface area contributed by atoms with E-state index in [-0.39, 0.29) is 0 Å². The fraction of sp³-hybridized carbons (Fsp3) is 0.385. The summed E-state index contributed by atoms with van der Waals surface area (Å²) in [5.41, 5.74) is 0.909. The quantitative estimate of drug-likeness (QED) is 0.647. The van der Waals surface area contributed by atoms with Crippen molar-refractivity contribution < 1.29 is 0 Å². The zero-order valence-electron chi connectivity index (χ0n) is 10.00. The molecule has 2 aromatic rings. The van der Waals surface area contributed by atoms with Gasteiger partial charge in [-0.3, -0.25) is 0 Å². The Morgan fingerprint density at radius 1 is 1.00 bits per heavy atom. The van der Waals surface area contributed by atoms with Gasteiger partial charge in [0.15, 0.2) is 5.82 Å². The topological polar surface area (TPSA) is 25.8 Å². The lowest BCUT2D eigenvalue weighted by molar-refractivity contribution is 0.715. The van der Waals surface area contributed by atoms with Gasteiger partial charge in [-0.2, -0.15) is 0 Å². The lowest BCUT2D eigenvalue weighted by Crippen LogP contribution is -2.01. The highest BCUT2D eigenvalue weighted by Crippen LogP contribution is 2.41. The minimum absolute atomic E-state index is 0.404. The Balaban J connectivity index is 2.02. The summed E-state index contributed by atoms with van der Waals surface area (Å²) in [7, 11) is 0. The van der Waals surface area contributed by atoms with Gasteiger partial charge in [-0.05, 0) is 30.9 Å². The molecule has 1 saturated carbocycles. The van der Waals surface area contributed by atoms with Crippen LogP contribution in [0.25, 0.3) is 10.7 Å². The second-order valence-electron chi connectivity index (χ2n) is 4.63. The van der Waals surface area contributed by atoms with Crippen LogP contribution < -0.4 is 0 Å². The van der Waals surface area contributed by atoms with E-state index in [1.807, 2.05) is 12.1 Å². The van der Waals surface area contributed by atoms with Crippen molar-refractivity contribution >= 4 is 46.1 Å². The molecule has 0 saturated heterocycles. The molecule has 0 aliphatic heterocycles. The van der Waals surface area contributed by atoms with Crippen LogP contribution in [0.5, 0.6) is 0 Å². The third-order valence-electron chi connectivity index (χ3n) is 3.41. The standard InChI is InChI=1S/C13H11Cl3N2S/c14-9-6-5-8(19-9)13-17-11(15)10(12(16)18-13)7-3-1-2-4-7/h5-7H,1-4H2. The normalized spacial score (nSPS) is 16.2. The van der Waals surface area contributed by atoms with Crippen LogP contribution in [0.1, 0.15) is 37.2 Å². The second-order valence-corrected chi connectivity index (χ2v) is 7.06. The fourth-order valence-electron chi connectivity index (χ4n) is 2.51. The summed E-state index contributed by atoms with van der Waals surface area (Å²) in [5, 5.41) is 0.956. The van der Waals surface area contributed by atoms with E-state index in [1.54, 1.807) is 0 Å². The van der Waals surface area contributed by atoms with E-state index >= 15 is 0 Å². The maximum atomic E-state index is 6.31. The number of hydrogen-bond donors (Lipinski definition) is 0. The maximum absolute atomic E-state index is 6.31. The molecule has 19 heavy (non-hydrogen) atoms. The number of nitrogens with zero attached hydrogens (tertiary/aromatic N) is 2. The number of hydrogen-bond acceptors (Lipinski definition) is 3. The van der Waals surface area contributed by atoms with Crippen molar-refractivity contribution in [2.75, 3.05) is 0 Å². The predicted octanol–water partition coefficient (Wildman–Crippen LogP) is 5.82. The Bertz CT molecular complexity index is 583. The van der Waals surface area contributed by atoms with Crippen LogP contribution in [0.15, 0.2) is 12.1 Å². The van der Waals surface area contributed by atoms with Gasteiger partial charge < -0.3 is 0 Å². The van der Waals surface area contributed by atoms with E-state index in [4.69, 9.17) is 34.8 Å². The van der Waals surface area contributed by atoms with Crippen LogP contribution in [0.4, 0.5) is 0 Å². The molecule has 0 unspecified atom stereocenters. The minimum atomic E-state index is 0.404. The third kappa shape index (κ3) is 2.75. The SMILES string of the molecule is Clc1ccc(-c2nc(Cl)c(C3CCCC3)c(Cl)n2)s1. The average Bonchev–Trinajstić information content (AvgIpc) is 2.99. The monoisotopic (exact) mass is 332 g/mol. The van der Waals surface area contributed by atoms with Gasteiger partial charge in [-0.1, -0.05) is 47.6 Å². The maximum Gasteiger partial charge on any atom is 0.172 e. The lowest BCUT2D eigenvalue weighted by atomic mass is 10.0. The molecule has 2 aromatic heterocycles. The zero-order valence-corrected chi connectivity index (χ0v) is 13.1. The van der Waals surface area contributed by atoms with Crippen molar-refractivity contribution in [1.29, 1.82) is 0 Å². The summed E-state index contributed by atoms with van der Waals surface area (Å²) in [4.78, 5) is 9.65. The van der Waals surface area contributed by atoms with Crippen molar-refractivity contribution in [1.82, 2.24) is 9.97 Å². The number of rotatable bonds is 2. The van der Waals surface area contributed by atoms with Crippen molar-refractivity contribution in [3.8, 4) is 10.7 Å². The summed E-state index contributed by atoms with van der Waals surface area (Å²) in [6.07, 6.45) is 4.68. The lowest BCUT2D eigenvalue weighted by Gasteiger charge is -2.13. The van der Waals surface area contributed by atoms with E-state index in [0.717, 1.165) is 23.3 Å². The van der Waals surface area contributed by atoms with Crippen molar-refractivity contribution in [3.63, 3.8) is 0 Å². The average molecular weight is 334 g/mol. The molecule has 3 rings (SSSR count). The molecule has 6 heteroatoms. The Labute approximate surface area is 130 Å². The number of halogens is 3. The molecule has 1 fully saturated rings. The second kappa shape index (κ2) is 5.57. The van der Waals surface area contributed by atoms with E-state index in [0.29, 0.717) is 26.4 Å². The molecule has 0 spiro atoms. The molecule has 0 aromatic carbocycles. The zero-order chi connectivity index (χ0) is 13.4. The highest BCUT2D eigenvalue weighted by atomic mass is 35.5. The first-order valence-electron chi connectivity index (χ1n) is 6.14. The molecule has 0 bridgehead atoms. The van der Waals surface area contributed by atoms with Crippen LogP contribution in [0.3, 0.4) is 0 Å². The van der Waals surface area contributed by atoms with E-state index in [2.05, 4.69) is 9.97 Å². The van der Waals surface area contributed by atoms with Crippen molar-refractivity contribution in [2.45, 2.75) is 31.6 Å². The van der Waals surface area contributed by atoms with Crippen molar-refractivity contribution in [3.05, 3.63) is 32.3 Å². The third-order valence-corrected chi connectivity index (χ3v) is 5.21. The van der Waals surface area contributed by atoms with Gasteiger partial charge in [0, 0.05) is 5.56 Å². The summed E-state index contributed by atoms with van der Waals surface area (Å²) >= 11 is 20.0. The van der Waals surface area contributed by atoms with E-state index in [1.165, 1.54) is 24.2 Å². The Kier molecular flexibility index (Phi) is 3.99. The molecule has 1 aliphatic rings. The molecule has 0 atom stereocenters. The van der Waals surface area contributed by atoms with Gasteiger partial charge in [0.1, 0.15) is 10.3 Å². The van der Waals surface area contributed by atoms with E-state index in [9.17, 15) is 0 Å². The molecular weight excluding hydrogens is 323 g/mol. The highest BCUT2D eigenvalue weighted by molar-refractivity contribution is 7.19. The first-order chi connectivity index (χ1) is 9.15. The fourth-order valence-corrected chi connectivity index (χ4v) is 4.19. The van der Waals surface area contributed by atoms with Gasteiger partial charge in [-0.15, -0.1) is 11.3 Å². The Morgan fingerprint density at radius 3 is 2.16 bits per heavy atom. The number of thiophene rings is 1. The van der Waals surface area contributed by atoms with Gasteiger partial charge >= 0.3 is 0 Å². The summed E-state index contributed by atoms with van der Waals surface area (Å²) in [6.45, 7) is 0. The van der Waals surface area contributed by atoms with Crippen LogP contribution in [0.2, 0.25) is 14.6 Å². The Hall–Kier alpha value is -0.350. The minimum Gasteiger partial charge on any atom is -0.215 e. The molecular formula is C13H11Cl3N2S. The van der Waals surface area contributed by atoms with Gasteiger partial charge in [0.05, 0.1) is 9.21 Å². The largest absolute Gasteiger partial charge is 0.215 e. The number of aromatic nitrogens is 2. The van der Waals surface area contributed by atoms with Crippen LogP contribution in [-0.4, -0.2) is 9.97 Å². The van der Waals surface area contributed by atoms with Gasteiger partial charge in [-0.25, -0.2) is 9.97 Å². The molecule has 1 aliphatic carbocycles. The summed E-state index contributed by atoms with van der Waals surface area (Å²) < 4.78 is 0.700. The smallest absolute Gasteiger partial charge is 0.172 e. The molecule has 0 amide bonds. The van der Waals surface area contributed by atoms with Gasteiger partial charge in [0.2, 0.25) is 0 Å². The first-order valence-corrected chi connectivity index (χ1v) is 8.09. The summed E-state index contributed by atoms with van der Waals surface area (Å²) in [5.74, 6) is 0.953. The molecule has 2 nitrogen and oxygen atoms in total. The molecule has 100 valence electrons.